The number of rotatable bonds is 16. The fraction of sp³-hybridized carbons (Fsp3) is 0.265. The first-order valence-corrected chi connectivity index (χ1v) is 24.3. The minimum Gasteiger partial charge on any atom is -0.489 e. The number of hydrogen-bond donors (Lipinski definition) is 3. The number of ether oxygens (including phenoxy) is 3. The summed E-state index contributed by atoms with van der Waals surface area (Å²) in [5.74, 6) is -0.534. The number of halogens is 2. The molecule has 3 heterocycles. The van der Waals surface area contributed by atoms with Crippen molar-refractivity contribution in [1.82, 2.24) is 14.6 Å². The molecule has 6 aromatic rings. The van der Waals surface area contributed by atoms with Crippen LogP contribution in [0.15, 0.2) is 107 Å². The molecule has 0 bridgehead atoms. The number of fused-ring (bicyclic) bond motifs is 2. The topological polar surface area (TPSA) is 180 Å². The van der Waals surface area contributed by atoms with Crippen molar-refractivity contribution in [3.05, 3.63) is 152 Å². The van der Waals surface area contributed by atoms with Gasteiger partial charge in [0.2, 0.25) is 5.91 Å². The Morgan fingerprint density at radius 2 is 1.65 bits per heavy atom. The number of amides is 1. The number of benzene rings is 5. The molecule has 8 rings (SSSR count). The van der Waals surface area contributed by atoms with Gasteiger partial charge in [-0.05, 0) is 107 Å². The average molecular weight is 967 g/mol. The summed E-state index contributed by atoms with van der Waals surface area (Å²) in [5, 5.41) is 26.7. The number of carbonyl (C=O) groups excluding carboxylic acids is 1. The van der Waals surface area contributed by atoms with Gasteiger partial charge in [0, 0.05) is 19.5 Å². The molecule has 1 unspecified atom stereocenters. The third kappa shape index (κ3) is 10.4. The largest absolute Gasteiger partial charge is 0.489 e. The predicted molar refractivity (Wildman–Crippen MR) is 253 cm³/mol. The highest BCUT2D eigenvalue weighted by Crippen LogP contribution is 2.42. The van der Waals surface area contributed by atoms with Crippen LogP contribution in [0.2, 0.25) is 10.0 Å². The number of hydrogen-bond acceptors (Lipinski definition) is 11. The second kappa shape index (κ2) is 20.2. The van der Waals surface area contributed by atoms with E-state index in [-0.39, 0.29) is 35.9 Å². The van der Waals surface area contributed by atoms with Gasteiger partial charge in [-0.25, -0.2) is 18.2 Å². The number of thiazole rings is 1. The van der Waals surface area contributed by atoms with E-state index in [1.807, 2.05) is 54.6 Å². The fourth-order valence-corrected chi connectivity index (χ4v) is 11.2. The maximum Gasteiger partial charge on any atom is 0.326 e. The number of anilines is 1. The van der Waals surface area contributed by atoms with E-state index in [9.17, 15) is 23.1 Å². The predicted octanol–water partition coefficient (Wildman–Crippen LogP) is 9.53. The summed E-state index contributed by atoms with van der Waals surface area (Å²) < 4.78 is 49.3. The lowest BCUT2D eigenvalue weighted by Gasteiger charge is -2.36. The van der Waals surface area contributed by atoms with Gasteiger partial charge in [-0.1, -0.05) is 102 Å². The van der Waals surface area contributed by atoms with Crippen LogP contribution in [0.25, 0.3) is 11.1 Å². The van der Waals surface area contributed by atoms with Crippen LogP contribution in [0.1, 0.15) is 64.9 Å². The smallest absolute Gasteiger partial charge is 0.326 e. The quantitative estimate of drug-likeness (QED) is 0.0787. The zero-order chi connectivity index (χ0) is 46.5. The second-order valence-corrected chi connectivity index (χ2v) is 19.9. The molecule has 3 atom stereocenters. The molecule has 0 saturated heterocycles. The Labute approximate surface area is 396 Å². The Morgan fingerprint density at radius 1 is 0.955 bits per heavy atom. The number of nitrogens with one attached hydrogen (secondary N) is 2. The minimum atomic E-state index is -4.37. The molecule has 0 radical (unpaired) electrons. The summed E-state index contributed by atoms with van der Waals surface area (Å²) in [7, 11) is -4.37. The number of nitriles is 1. The Hall–Kier alpha value is -6.15. The molecule has 13 nitrogen and oxygen atoms in total. The Morgan fingerprint density at radius 3 is 2.33 bits per heavy atom. The molecule has 5 aromatic carbocycles. The van der Waals surface area contributed by atoms with Gasteiger partial charge < -0.3 is 30.0 Å². The van der Waals surface area contributed by atoms with E-state index in [0.29, 0.717) is 67.8 Å². The first-order valence-electron chi connectivity index (χ1n) is 21.3. The molecule has 0 aliphatic carbocycles. The summed E-state index contributed by atoms with van der Waals surface area (Å²) >= 11 is 13.2. The number of nitrogens with zero attached hydrogens (tertiary/aromatic N) is 3. The summed E-state index contributed by atoms with van der Waals surface area (Å²) in [6, 6.07) is 30.1. The number of carboxylic acids is 1. The fourth-order valence-electron chi connectivity index (χ4n) is 7.79. The SMILES string of the molecule is CCCCNc1nc(C)c(S(=O)(=O)N2Cc3cc4c(cc3C[C@H]2C(=O)N[C@@H](Cc2ccc(-c3ccc(C#N)cc3)cc2)C(=O)O)OCC(c2ccc(OCc3ccc(Cl)c(Cl)c3)cc2)O4)s1. The summed E-state index contributed by atoms with van der Waals surface area (Å²) in [4.78, 5) is 31.6. The maximum absolute atomic E-state index is 14.8. The van der Waals surface area contributed by atoms with E-state index < -0.39 is 40.1 Å². The lowest BCUT2D eigenvalue weighted by molar-refractivity contribution is -0.142. The van der Waals surface area contributed by atoms with Crippen LogP contribution >= 0.6 is 34.5 Å². The van der Waals surface area contributed by atoms with Gasteiger partial charge >= 0.3 is 5.97 Å². The monoisotopic (exact) mass is 965 g/mol. The van der Waals surface area contributed by atoms with Gasteiger partial charge in [0.25, 0.3) is 10.0 Å². The van der Waals surface area contributed by atoms with Crippen molar-refractivity contribution in [3.63, 3.8) is 0 Å². The zero-order valence-corrected chi connectivity index (χ0v) is 39.1. The first kappa shape index (κ1) is 46.4. The van der Waals surface area contributed by atoms with Crippen molar-refractivity contribution in [3.8, 4) is 34.4 Å². The highest BCUT2D eigenvalue weighted by atomic mass is 35.5. The lowest BCUT2D eigenvalue weighted by Crippen LogP contribution is -2.55. The van der Waals surface area contributed by atoms with Crippen LogP contribution in [-0.2, 0) is 45.6 Å². The zero-order valence-electron chi connectivity index (χ0n) is 35.9. The van der Waals surface area contributed by atoms with Crippen LogP contribution in [0, 0.1) is 18.3 Å². The molecule has 0 fully saturated rings. The van der Waals surface area contributed by atoms with Crippen LogP contribution in [0.4, 0.5) is 5.13 Å². The Bertz CT molecular complexity index is 2910. The standard InChI is InChI=1S/C49H45Cl2N5O8S2/c1-3-4-19-53-49-54-29(2)48(65-49)66(60,61)56-26-37-24-44-43(63-28-45(64-44)35-14-16-38(17-15-35)62-27-32-9-18-39(50)40(51)20-32)23-36(37)22-42(56)46(57)55-41(47(58)59)21-30-5-10-33(11-6-30)34-12-7-31(25-52)8-13-34/h5-18,20,23-24,41-42,45H,3-4,19,21-22,26-28H2,1-2H3,(H,53,54)(H,55,57)(H,58,59)/t41-,42-,45?/m0/s1. The molecule has 66 heavy (non-hydrogen) atoms. The summed E-state index contributed by atoms with van der Waals surface area (Å²) in [5.41, 5.74) is 6.20. The number of carboxylic acid groups (broad SMARTS) is 1. The van der Waals surface area contributed by atoms with Gasteiger partial charge in [0.1, 0.15) is 31.0 Å². The third-order valence-electron chi connectivity index (χ3n) is 11.4. The number of carbonyl (C=O) groups is 2. The van der Waals surface area contributed by atoms with Crippen molar-refractivity contribution in [2.45, 2.75) is 75.1 Å². The third-order valence-corrected chi connectivity index (χ3v) is 15.7. The van der Waals surface area contributed by atoms with E-state index in [1.54, 1.807) is 55.5 Å². The molecule has 2 aliphatic rings. The molecule has 3 N–H and O–H groups in total. The van der Waals surface area contributed by atoms with Crippen molar-refractivity contribution in [2.24, 2.45) is 0 Å². The lowest BCUT2D eigenvalue weighted by atomic mass is 9.94. The molecule has 2 aliphatic heterocycles. The van der Waals surface area contributed by atoms with Crippen molar-refractivity contribution in [1.29, 1.82) is 5.26 Å². The maximum atomic E-state index is 14.8. The molecular weight excluding hydrogens is 922 g/mol. The molecule has 17 heteroatoms. The summed E-state index contributed by atoms with van der Waals surface area (Å²) in [6.07, 6.45) is 1.21. The van der Waals surface area contributed by atoms with E-state index in [4.69, 9.17) is 42.7 Å². The van der Waals surface area contributed by atoms with E-state index >= 15 is 0 Å². The van der Waals surface area contributed by atoms with Crippen molar-refractivity contribution < 1.29 is 37.3 Å². The van der Waals surface area contributed by atoms with Crippen molar-refractivity contribution in [2.75, 3.05) is 18.5 Å². The van der Waals surface area contributed by atoms with Gasteiger partial charge in [0.05, 0.1) is 27.4 Å². The average Bonchev–Trinajstić information content (AvgIpc) is 3.71. The molecule has 0 spiro atoms. The molecular formula is C49H45Cl2N5O8S2. The van der Waals surface area contributed by atoms with E-state index in [2.05, 4.69) is 28.6 Å². The Balaban J connectivity index is 1.02. The minimum absolute atomic E-state index is 0.0121. The van der Waals surface area contributed by atoms with E-state index in [0.717, 1.165) is 50.7 Å². The second-order valence-electron chi connectivity index (χ2n) is 16.0. The number of unbranched alkanes of at least 4 members (excludes halogenated alkanes) is 1. The Kier molecular flexibility index (Phi) is 14.2. The van der Waals surface area contributed by atoms with Crippen molar-refractivity contribution >= 4 is 61.6 Å². The normalized spacial score (nSPS) is 16.1. The number of aryl methyl sites for hydroxylation is 1. The van der Waals surface area contributed by atoms with Crippen LogP contribution in [0.5, 0.6) is 17.2 Å². The molecule has 0 saturated carbocycles. The first-order chi connectivity index (χ1) is 31.8. The van der Waals surface area contributed by atoms with Gasteiger partial charge in [0.15, 0.2) is 26.9 Å². The number of aliphatic carboxylic acids is 1. The van der Waals surface area contributed by atoms with Crippen LogP contribution in [0.3, 0.4) is 0 Å². The molecule has 1 amide bonds. The van der Waals surface area contributed by atoms with Gasteiger partial charge in [-0.2, -0.15) is 9.57 Å². The van der Waals surface area contributed by atoms with Gasteiger partial charge in [-0.3, -0.25) is 4.79 Å². The molecule has 1 aromatic heterocycles. The van der Waals surface area contributed by atoms with Crippen LogP contribution in [-0.4, -0.2) is 59.9 Å². The number of sulfonamides is 1. The van der Waals surface area contributed by atoms with E-state index in [1.165, 1.54) is 0 Å². The van der Waals surface area contributed by atoms with Crippen LogP contribution < -0.4 is 24.8 Å². The molecule has 340 valence electrons. The highest BCUT2D eigenvalue weighted by molar-refractivity contribution is 7.91. The summed E-state index contributed by atoms with van der Waals surface area (Å²) in [6.45, 7) is 4.57. The highest BCUT2D eigenvalue weighted by Gasteiger charge is 2.43. The number of aromatic nitrogens is 1. The van der Waals surface area contributed by atoms with Gasteiger partial charge in [-0.15, -0.1) is 0 Å².